The van der Waals surface area contributed by atoms with Gasteiger partial charge in [-0.1, -0.05) is 135 Å². The monoisotopic (exact) mass is 1070 g/mol. The van der Waals surface area contributed by atoms with Gasteiger partial charge < -0.3 is 28.1 Å². The van der Waals surface area contributed by atoms with Crippen molar-refractivity contribution in [1.82, 2.24) is 0 Å². The molecule has 0 fully saturated rings. The minimum atomic E-state index is -4.90. The summed E-state index contributed by atoms with van der Waals surface area (Å²) in [6, 6.07) is 65.3. The number of nitrogens with zero attached hydrogens (tertiary/aromatic N) is 2. The zero-order valence-corrected chi connectivity index (χ0v) is 43.4. The van der Waals surface area contributed by atoms with Crippen molar-refractivity contribution >= 4 is 78.0 Å². The second-order valence-corrected chi connectivity index (χ2v) is 21.1. The molecule has 2 aromatic heterocycles. The summed E-state index contributed by atoms with van der Waals surface area (Å²) < 4.78 is 104. The van der Waals surface area contributed by atoms with Crippen LogP contribution in [0.1, 0.15) is 58.4 Å². The Morgan fingerprint density at radius 1 is 0.362 bits per heavy atom. The first-order chi connectivity index (χ1) is 38.5. The highest BCUT2D eigenvalue weighted by Crippen LogP contribution is 2.63. The number of hydrogen-bond acceptors (Lipinski definition) is 6. The Bertz CT molecular complexity index is 4190. The third kappa shape index (κ3) is 7.48. The van der Waals surface area contributed by atoms with Crippen molar-refractivity contribution in [1.29, 1.82) is 0 Å². The van der Waals surface area contributed by atoms with Gasteiger partial charge in [0.2, 0.25) is 0 Å². The zero-order chi connectivity index (χ0) is 55.0. The molecule has 0 N–H and O–H groups in total. The summed E-state index contributed by atoms with van der Waals surface area (Å²) in [5, 5.41) is 3.57. The van der Waals surface area contributed by atoms with Gasteiger partial charge in [0.1, 0.15) is 22.7 Å². The van der Waals surface area contributed by atoms with Gasteiger partial charge in [0.25, 0.3) is 0 Å². The number of rotatable bonds is 8. The minimum Gasteiger partial charge on any atom is -0.454 e. The van der Waals surface area contributed by atoms with Crippen LogP contribution in [0.4, 0.5) is 60.5 Å². The van der Waals surface area contributed by atoms with E-state index in [0.717, 1.165) is 88.3 Å². The number of anilines is 6. The predicted octanol–water partition coefficient (Wildman–Crippen LogP) is 19.8. The molecular weight excluding hydrogens is 1020 g/mol. The first-order valence-electron chi connectivity index (χ1n) is 26.1. The molecule has 2 heterocycles. The van der Waals surface area contributed by atoms with Crippen LogP contribution >= 0.6 is 0 Å². The van der Waals surface area contributed by atoms with Crippen molar-refractivity contribution in [3.05, 3.63) is 251 Å². The lowest BCUT2D eigenvalue weighted by Gasteiger charge is -2.46. The summed E-state index contributed by atoms with van der Waals surface area (Å²) in [6.45, 7) is 8.49. The number of alkyl halides is 6. The SMILES string of the molecule is Cc1cccc2c1oc1c(N(c3ccc(OC(F)(F)F)cc3)c3ccc4c(c3)-c3cc(N(c5ccc(OC(F)(F)F)cc5)c5cccc6c5oc5c(C)cccc56)ccc3C43c4ccccc4C(C)(C)c4ccccc43)cccc12. The molecule has 394 valence electrons. The van der Waals surface area contributed by atoms with Crippen LogP contribution in [0.3, 0.4) is 0 Å². The number of hydrogen-bond donors (Lipinski definition) is 0. The van der Waals surface area contributed by atoms with Crippen molar-refractivity contribution in [2.24, 2.45) is 0 Å². The lowest BCUT2D eigenvalue weighted by molar-refractivity contribution is -0.275. The van der Waals surface area contributed by atoms with Crippen molar-refractivity contribution in [2.75, 3.05) is 9.80 Å². The molecule has 2 aliphatic carbocycles. The van der Waals surface area contributed by atoms with Crippen LogP contribution in [0.5, 0.6) is 11.5 Å². The van der Waals surface area contributed by atoms with Crippen molar-refractivity contribution < 1.29 is 44.7 Å². The van der Waals surface area contributed by atoms with Crippen LogP contribution in [0.25, 0.3) is 55.0 Å². The molecule has 0 radical (unpaired) electrons. The average molecular weight is 1070 g/mol. The smallest absolute Gasteiger partial charge is 0.454 e. The van der Waals surface area contributed by atoms with Gasteiger partial charge in [-0.25, -0.2) is 0 Å². The molecule has 0 unspecified atom stereocenters. The third-order valence-electron chi connectivity index (χ3n) is 16.2. The molecule has 12 heteroatoms. The van der Waals surface area contributed by atoms with Gasteiger partial charge in [0.05, 0.1) is 16.8 Å². The van der Waals surface area contributed by atoms with Gasteiger partial charge in [0.15, 0.2) is 11.2 Å². The molecule has 14 rings (SSSR count). The maximum Gasteiger partial charge on any atom is 0.573 e. The maximum absolute atomic E-state index is 13.6. The lowest BCUT2D eigenvalue weighted by atomic mass is 9.55. The Morgan fingerprint density at radius 3 is 1.10 bits per heavy atom. The van der Waals surface area contributed by atoms with Crippen LogP contribution < -0.4 is 19.3 Å². The molecular formula is C68H46F6N2O4. The van der Waals surface area contributed by atoms with Crippen molar-refractivity contribution in [3.8, 4) is 22.6 Å². The second-order valence-electron chi connectivity index (χ2n) is 21.1. The number of ether oxygens (including phenoxy) is 2. The highest BCUT2D eigenvalue weighted by Gasteiger charge is 2.53. The van der Waals surface area contributed by atoms with E-state index in [4.69, 9.17) is 8.83 Å². The van der Waals surface area contributed by atoms with E-state index in [1.807, 2.05) is 96.4 Å². The Labute approximate surface area is 455 Å². The van der Waals surface area contributed by atoms with E-state index in [2.05, 4.69) is 108 Å². The summed E-state index contributed by atoms with van der Waals surface area (Å²) in [5.74, 6) is -0.733. The zero-order valence-electron chi connectivity index (χ0n) is 43.4. The Morgan fingerprint density at radius 2 is 0.713 bits per heavy atom. The molecule has 0 amide bonds. The molecule has 80 heavy (non-hydrogen) atoms. The van der Waals surface area contributed by atoms with Crippen LogP contribution in [-0.4, -0.2) is 12.7 Å². The van der Waals surface area contributed by atoms with Gasteiger partial charge in [-0.15, -0.1) is 26.3 Å². The number of fused-ring (bicyclic) bond motifs is 15. The summed E-state index contributed by atoms with van der Waals surface area (Å²) in [4.78, 5) is 4.00. The Hall–Kier alpha value is -9.42. The predicted molar refractivity (Wildman–Crippen MR) is 303 cm³/mol. The molecule has 0 saturated carbocycles. The van der Waals surface area contributed by atoms with Gasteiger partial charge >= 0.3 is 12.7 Å². The molecule has 0 aliphatic heterocycles. The molecule has 0 atom stereocenters. The van der Waals surface area contributed by atoms with Gasteiger partial charge in [-0.05, 0) is 154 Å². The molecule has 1 spiro atoms. The first-order valence-corrected chi connectivity index (χ1v) is 26.1. The topological polar surface area (TPSA) is 51.2 Å². The van der Waals surface area contributed by atoms with E-state index in [1.54, 1.807) is 24.3 Å². The minimum absolute atomic E-state index is 0.366. The number of halogens is 6. The van der Waals surface area contributed by atoms with Gasteiger partial charge in [0, 0.05) is 49.7 Å². The van der Waals surface area contributed by atoms with Crippen LogP contribution in [0.2, 0.25) is 0 Å². The van der Waals surface area contributed by atoms with Gasteiger partial charge in [-0.2, -0.15) is 0 Å². The van der Waals surface area contributed by atoms with E-state index in [0.29, 0.717) is 45.3 Å². The highest BCUT2D eigenvalue weighted by atomic mass is 19.4. The molecule has 2 aliphatic rings. The first kappa shape index (κ1) is 48.9. The quantitative estimate of drug-likeness (QED) is 0.141. The fourth-order valence-electron chi connectivity index (χ4n) is 12.9. The Balaban J connectivity index is 1.05. The summed E-state index contributed by atoms with van der Waals surface area (Å²) in [5.41, 5.74) is 15.3. The van der Waals surface area contributed by atoms with E-state index in [9.17, 15) is 26.3 Å². The maximum atomic E-state index is 13.6. The van der Waals surface area contributed by atoms with E-state index in [-0.39, 0.29) is 11.5 Å². The summed E-state index contributed by atoms with van der Waals surface area (Å²) in [6.07, 6.45) is -9.80. The fraction of sp³-hybridized carbons (Fsp3) is 0.118. The number of benzene rings is 10. The van der Waals surface area contributed by atoms with E-state index < -0.39 is 23.6 Å². The molecule has 0 saturated heterocycles. The highest BCUT2D eigenvalue weighted by molar-refractivity contribution is 6.12. The summed E-state index contributed by atoms with van der Waals surface area (Å²) in [7, 11) is 0. The average Bonchev–Trinajstić information content (AvgIpc) is 4.24. The number of para-hydroxylation sites is 4. The van der Waals surface area contributed by atoms with Crippen LogP contribution in [0.15, 0.2) is 215 Å². The van der Waals surface area contributed by atoms with E-state index in [1.165, 1.54) is 24.3 Å². The molecule has 6 nitrogen and oxygen atoms in total. The largest absolute Gasteiger partial charge is 0.573 e. The molecule has 0 bridgehead atoms. The Kier molecular flexibility index (Phi) is 10.7. The fourth-order valence-corrected chi connectivity index (χ4v) is 12.9. The summed E-state index contributed by atoms with van der Waals surface area (Å²) >= 11 is 0. The second kappa shape index (κ2) is 17.5. The normalized spacial score (nSPS) is 14.1. The number of furan rings is 2. The van der Waals surface area contributed by atoms with Crippen molar-refractivity contribution in [3.63, 3.8) is 0 Å². The van der Waals surface area contributed by atoms with Crippen LogP contribution in [0, 0.1) is 13.8 Å². The van der Waals surface area contributed by atoms with Gasteiger partial charge in [-0.3, -0.25) is 0 Å². The van der Waals surface area contributed by atoms with Crippen molar-refractivity contribution in [2.45, 2.75) is 51.2 Å². The number of aryl methyl sites for hydroxylation is 2. The van der Waals surface area contributed by atoms with Crippen LogP contribution in [-0.2, 0) is 10.8 Å². The van der Waals surface area contributed by atoms with E-state index >= 15 is 0 Å². The lowest BCUT2D eigenvalue weighted by Crippen LogP contribution is -2.40. The standard InChI is InChI=1S/C68H46F6N2O4/c1-39-13-9-15-47-49-17-11-23-59(63(49)77-61(39)47)75(41-25-31-45(32-26-41)79-67(69,70)71)43-29-35-53-51(37-43)52-38-44(30-36-54(52)66(53)57-21-7-5-19-55(57)65(3,4)56-20-6-8-22-58(56)66)76(42-27-33-46(34-28-42)80-68(72,73)74)60-24-12-18-50-48-16-10-14-40(2)62(48)78-64(50)60/h5-38H,1-4H3. The third-order valence-corrected chi connectivity index (χ3v) is 16.2. The molecule has 10 aromatic carbocycles. The molecule has 12 aromatic rings.